The molecule has 1 aromatic carbocycles. The van der Waals surface area contributed by atoms with Gasteiger partial charge in [-0.2, -0.15) is 4.31 Å². The van der Waals surface area contributed by atoms with E-state index in [1.54, 1.807) is 22.5 Å². The highest BCUT2D eigenvalue weighted by Gasteiger charge is 2.35. The average molecular weight is 415 g/mol. The summed E-state index contributed by atoms with van der Waals surface area (Å²) in [6.45, 7) is 5.05. The smallest absolute Gasteiger partial charge is 0.243 e. The van der Waals surface area contributed by atoms with Gasteiger partial charge in [0, 0.05) is 57.4 Å². The highest BCUT2D eigenvalue weighted by molar-refractivity contribution is 7.89. The molecule has 3 aliphatic rings. The molecule has 2 saturated heterocycles. The van der Waals surface area contributed by atoms with Crippen molar-refractivity contribution >= 4 is 34.0 Å². The summed E-state index contributed by atoms with van der Waals surface area (Å²) in [6, 6.07) is 5.41. The summed E-state index contributed by atoms with van der Waals surface area (Å²) in [5.41, 5.74) is 1.65. The molecule has 2 fully saturated rings. The molecule has 1 unspecified atom stereocenters. The number of nitrogens with zero attached hydrogens (tertiary/aromatic N) is 2. The van der Waals surface area contributed by atoms with E-state index in [1.165, 1.54) is 0 Å². The molecule has 4 rings (SSSR count). The molecule has 0 radical (unpaired) electrons. The summed E-state index contributed by atoms with van der Waals surface area (Å²) >= 11 is 0. The first-order chi connectivity index (χ1) is 12.5. The van der Waals surface area contributed by atoms with E-state index in [-0.39, 0.29) is 18.3 Å². The lowest BCUT2D eigenvalue weighted by molar-refractivity contribution is -0.116. The minimum Gasteiger partial charge on any atom is -0.326 e. The Morgan fingerprint density at radius 2 is 1.85 bits per heavy atom. The number of amides is 1. The summed E-state index contributed by atoms with van der Waals surface area (Å²) in [4.78, 5) is 14.4. The molecular weight excluding hydrogens is 388 g/mol. The molecule has 3 aliphatic heterocycles. The van der Waals surface area contributed by atoms with Crippen molar-refractivity contribution in [1.29, 1.82) is 0 Å². The highest BCUT2D eigenvalue weighted by atomic mass is 35.5. The number of fused-ring (bicyclic) bond motifs is 1. The average Bonchev–Trinajstić information content (AvgIpc) is 3.07. The first-order valence-corrected chi connectivity index (χ1v) is 10.9. The monoisotopic (exact) mass is 414 g/mol. The molecule has 27 heavy (non-hydrogen) atoms. The number of nitrogens with one attached hydrogen (secondary N) is 2. The maximum atomic E-state index is 13.1. The number of halogens is 1. The van der Waals surface area contributed by atoms with Gasteiger partial charge in [-0.05, 0) is 43.0 Å². The summed E-state index contributed by atoms with van der Waals surface area (Å²) < 4.78 is 27.8. The quantitative estimate of drug-likeness (QED) is 0.772. The van der Waals surface area contributed by atoms with Gasteiger partial charge in [0.05, 0.1) is 4.90 Å². The van der Waals surface area contributed by atoms with Crippen molar-refractivity contribution in [1.82, 2.24) is 14.5 Å². The Morgan fingerprint density at radius 3 is 2.63 bits per heavy atom. The summed E-state index contributed by atoms with van der Waals surface area (Å²) in [5.74, 6) is -0.00207. The third-order valence-electron chi connectivity index (χ3n) is 5.63. The van der Waals surface area contributed by atoms with Crippen molar-refractivity contribution in [3.05, 3.63) is 23.8 Å². The minimum atomic E-state index is -3.49. The van der Waals surface area contributed by atoms with E-state index in [1.807, 2.05) is 0 Å². The van der Waals surface area contributed by atoms with E-state index in [9.17, 15) is 13.2 Å². The Bertz CT molecular complexity index is 796. The van der Waals surface area contributed by atoms with E-state index in [0.717, 1.165) is 56.7 Å². The number of piperazine rings is 1. The zero-order chi connectivity index (χ0) is 18.1. The van der Waals surface area contributed by atoms with Gasteiger partial charge in [0.1, 0.15) is 0 Å². The largest absolute Gasteiger partial charge is 0.326 e. The molecule has 150 valence electrons. The van der Waals surface area contributed by atoms with E-state index >= 15 is 0 Å². The van der Waals surface area contributed by atoms with Crippen LogP contribution in [0.1, 0.15) is 24.8 Å². The number of carbonyl (C=O) groups is 1. The minimum absolute atomic E-state index is 0. The maximum absolute atomic E-state index is 13.1. The molecule has 0 aliphatic carbocycles. The third kappa shape index (κ3) is 4.30. The molecule has 1 amide bonds. The Kier molecular flexibility index (Phi) is 6.43. The molecule has 2 N–H and O–H groups in total. The predicted octanol–water partition coefficient (Wildman–Crippen LogP) is 1.05. The summed E-state index contributed by atoms with van der Waals surface area (Å²) in [7, 11) is -3.49. The Labute approximate surface area is 166 Å². The summed E-state index contributed by atoms with van der Waals surface area (Å²) in [5, 5.41) is 6.20. The molecule has 9 heteroatoms. The second-order valence-electron chi connectivity index (χ2n) is 7.31. The third-order valence-corrected chi connectivity index (χ3v) is 7.49. The number of carbonyl (C=O) groups excluding carboxylic acids is 1. The first kappa shape index (κ1) is 20.5. The van der Waals surface area contributed by atoms with Crippen LogP contribution in [0.4, 0.5) is 5.69 Å². The highest BCUT2D eigenvalue weighted by Crippen LogP contribution is 2.29. The number of benzene rings is 1. The van der Waals surface area contributed by atoms with E-state index in [4.69, 9.17) is 0 Å². The second-order valence-corrected chi connectivity index (χ2v) is 9.25. The van der Waals surface area contributed by atoms with Gasteiger partial charge in [-0.1, -0.05) is 0 Å². The number of sulfonamides is 1. The van der Waals surface area contributed by atoms with Crippen LogP contribution in [0, 0.1) is 0 Å². The van der Waals surface area contributed by atoms with Gasteiger partial charge in [-0.25, -0.2) is 8.42 Å². The Morgan fingerprint density at radius 1 is 1.07 bits per heavy atom. The van der Waals surface area contributed by atoms with Crippen molar-refractivity contribution in [2.24, 2.45) is 0 Å². The lowest BCUT2D eigenvalue weighted by atomic mass is 10.1. The first-order valence-electron chi connectivity index (χ1n) is 9.42. The van der Waals surface area contributed by atoms with Crippen LogP contribution in [-0.2, 0) is 21.2 Å². The predicted molar refractivity (Wildman–Crippen MR) is 107 cm³/mol. The molecule has 7 nitrogen and oxygen atoms in total. The molecule has 1 aromatic rings. The van der Waals surface area contributed by atoms with Crippen LogP contribution < -0.4 is 10.6 Å². The SMILES string of the molecule is Cl.O=C1CCCc2cc(S(=O)(=O)N3CCC(N4CCNCC4)C3)ccc2N1. The number of rotatable bonds is 3. The zero-order valence-corrected chi connectivity index (χ0v) is 16.9. The molecule has 1 atom stereocenters. The van der Waals surface area contributed by atoms with Crippen molar-refractivity contribution in [3.63, 3.8) is 0 Å². The Balaban J connectivity index is 0.00000210. The fraction of sp³-hybridized carbons (Fsp3) is 0.611. The van der Waals surface area contributed by atoms with Gasteiger partial charge in [0.25, 0.3) is 0 Å². The van der Waals surface area contributed by atoms with Gasteiger partial charge in [0.2, 0.25) is 15.9 Å². The van der Waals surface area contributed by atoms with Gasteiger partial charge < -0.3 is 10.6 Å². The number of anilines is 1. The fourth-order valence-electron chi connectivity index (χ4n) is 4.13. The van der Waals surface area contributed by atoms with E-state index in [2.05, 4.69) is 15.5 Å². The molecule has 0 bridgehead atoms. The van der Waals surface area contributed by atoms with Gasteiger partial charge in [-0.15, -0.1) is 12.4 Å². The summed E-state index contributed by atoms with van der Waals surface area (Å²) in [6.07, 6.45) is 2.84. The van der Waals surface area contributed by atoms with Crippen LogP contribution in [0.2, 0.25) is 0 Å². The van der Waals surface area contributed by atoms with Gasteiger partial charge in [0.15, 0.2) is 0 Å². The topological polar surface area (TPSA) is 81.8 Å². The second kappa shape index (κ2) is 8.45. The number of hydrogen-bond donors (Lipinski definition) is 2. The maximum Gasteiger partial charge on any atom is 0.243 e. The Hall–Kier alpha value is -1.19. The van der Waals surface area contributed by atoms with Crippen molar-refractivity contribution in [2.75, 3.05) is 44.6 Å². The molecular formula is C18H27ClN4O3S. The fourth-order valence-corrected chi connectivity index (χ4v) is 5.68. The van der Waals surface area contributed by atoms with Crippen LogP contribution in [0.5, 0.6) is 0 Å². The lowest BCUT2D eigenvalue weighted by Crippen LogP contribution is -2.49. The van der Waals surface area contributed by atoms with Crippen molar-refractivity contribution < 1.29 is 13.2 Å². The number of hydrogen-bond acceptors (Lipinski definition) is 5. The van der Waals surface area contributed by atoms with Gasteiger partial charge >= 0.3 is 0 Å². The van der Waals surface area contributed by atoms with Crippen LogP contribution in [0.15, 0.2) is 23.1 Å². The van der Waals surface area contributed by atoms with E-state index in [0.29, 0.717) is 30.4 Å². The van der Waals surface area contributed by atoms with Crippen LogP contribution in [-0.4, -0.2) is 68.8 Å². The lowest BCUT2D eigenvalue weighted by Gasteiger charge is -2.32. The molecule has 3 heterocycles. The van der Waals surface area contributed by atoms with Crippen molar-refractivity contribution in [2.45, 2.75) is 36.6 Å². The normalized spacial score (nSPS) is 24.6. The van der Waals surface area contributed by atoms with Gasteiger partial charge in [-0.3, -0.25) is 9.69 Å². The molecule has 0 aromatic heterocycles. The van der Waals surface area contributed by atoms with Crippen LogP contribution in [0.3, 0.4) is 0 Å². The van der Waals surface area contributed by atoms with E-state index < -0.39 is 10.0 Å². The van der Waals surface area contributed by atoms with Crippen LogP contribution in [0.25, 0.3) is 0 Å². The molecule has 0 saturated carbocycles. The van der Waals surface area contributed by atoms with Crippen LogP contribution >= 0.6 is 12.4 Å². The van der Waals surface area contributed by atoms with Crippen molar-refractivity contribution in [3.8, 4) is 0 Å². The standard InChI is InChI=1S/C18H26N4O3S.ClH/c23-18-3-1-2-14-12-16(4-5-17(14)20-18)26(24,25)22-9-6-15(13-22)21-10-7-19-8-11-21;/h4-5,12,15,19H,1-3,6-11,13H2,(H,20,23);1H. The molecule has 0 spiro atoms. The number of aryl methyl sites for hydroxylation is 1. The zero-order valence-electron chi connectivity index (χ0n) is 15.3.